The molecule has 96 valence electrons. The van der Waals surface area contributed by atoms with E-state index in [1.54, 1.807) is 10.9 Å². The van der Waals surface area contributed by atoms with Gasteiger partial charge < -0.3 is 9.84 Å². The molecule has 0 bridgehead atoms. The molecule has 2 rings (SSSR count). The zero-order valence-corrected chi connectivity index (χ0v) is 10.7. The van der Waals surface area contributed by atoms with E-state index in [1.807, 2.05) is 38.2 Å². The molecule has 18 heavy (non-hydrogen) atoms. The maximum Gasteiger partial charge on any atom is 0.122 e. The lowest BCUT2D eigenvalue weighted by atomic mass is 10.1. The van der Waals surface area contributed by atoms with E-state index in [1.165, 1.54) is 5.56 Å². The zero-order chi connectivity index (χ0) is 13.0. The number of rotatable bonds is 5. The lowest BCUT2D eigenvalue weighted by Gasteiger charge is -2.14. The number of aliphatic hydroxyl groups excluding tert-OH is 1. The van der Waals surface area contributed by atoms with Crippen LogP contribution in [0.15, 0.2) is 36.7 Å². The summed E-state index contributed by atoms with van der Waals surface area (Å²) in [5.74, 6) is 0.820. The van der Waals surface area contributed by atoms with Gasteiger partial charge in [-0.2, -0.15) is 5.10 Å². The number of hydrogen-bond donors (Lipinski definition) is 1. The average Bonchev–Trinajstić information content (AvgIpc) is 2.80. The molecule has 0 spiro atoms. The second-order valence-corrected chi connectivity index (χ2v) is 4.46. The van der Waals surface area contributed by atoms with Crippen molar-refractivity contribution in [3.63, 3.8) is 0 Å². The van der Waals surface area contributed by atoms with Gasteiger partial charge in [0.1, 0.15) is 18.5 Å². The second-order valence-electron chi connectivity index (χ2n) is 4.46. The fourth-order valence-electron chi connectivity index (χ4n) is 1.82. The van der Waals surface area contributed by atoms with Crippen molar-refractivity contribution in [3.8, 4) is 5.75 Å². The van der Waals surface area contributed by atoms with E-state index in [0.29, 0.717) is 6.54 Å². The maximum atomic E-state index is 9.84. The standard InChI is InChI=1S/C14H18N2O2/c1-11-4-5-14(12(2)8-11)18-10-13(17)9-16-7-3-6-15-16/h3-8,13,17H,9-10H2,1-2H3. The highest BCUT2D eigenvalue weighted by Crippen LogP contribution is 2.18. The van der Waals surface area contributed by atoms with Gasteiger partial charge in [-0.3, -0.25) is 4.68 Å². The molecule has 0 radical (unpaired) electrons. The Kier molecular flexibility index (Phi) is 3.99. The maximum absolute atomic E-state index is 9.84. The molecule has 4 heteroatoms. The number of nitrogens with zero attached hydrogens (tertiary/aromatic N) is 2. The van der Waals surface area contributed by atoms with Crippen LogP contribution in [0, 0.1) is 13.8 Å². The predicted octanol–water partition coefficient (Wildman–Crippen LogP) is 1.94. The number of aliphatic hydroxyl groups is 1. The number of hydrogen-bond acceptors (Lipinski definition) is 3. The molecular formula is C14H18N2O2. The second kappa shape index (κ2) is 5.69. The summed E-state index contributed by atoms with van der Waals surface area (Å²) in [7, 11) is 0. The van der Waals surface area contributed by atoms with E-state index in [4.69, 9.17) is 4.74 Å². The predicted molar refractivity (Wildman–Crippen MR) is 69.6 cm³/mol. The first kappa shape index (κ1) is 12.6. The van der Waals surface area contributed by atoms with E-state index >= 15 is 0 Å². The Labute approximate surface area is 107 Å². The third kappa shape index (κ3) is 3.34. The number of ether oxygens (including phenoxy) is 1. The van der Waals surface area contributed by atoms with Crippen molar-refractivity contribution in [1.29, 1.82) is 0 Å². The Morgan fingerprint density at radius 2 is 2.22 bits per heavy atom. The van der Waals surface area contributed by atoms with Gasteiger partial charge in [-0.1, -0.05) is 17.7 Å². The van der Waals surface area contributed by atoms with E-state index in [9.17, 15) is 5.11 Å². The van der Waals surface area contributed by atoms with Crippen molar-refractivity contribution < 1.29 is 9.84 Å². The van der Waals surface area contributed by atoms with Gasteiger partial charge in [-0.15, -0.1) is 0 Å². The fraction of sp³-hybridized carbons (Fsp3) is 0.357. The largest absolute Gasteiger partial charge is 0.491 e. The van der Waals surface area contributed by atoms with Crippen molar-refractivity contribution in [2.75, 3.05) is 6.61 Å². The SMILES string of the molecule is Cc1ccc(OCC(O)Cn2cccn2)c(C)c1. The first-order valence-electron chi connectivity index (χ1n) is 6.00. The topological polar surface area (TPSA) is 47.3 Å². The van der Waals surface area contributed by atoms with Gasteiger partial charge in [0.25, 0.3) is 0 Å². The molecule has 1 atom stereocenters. The lowest BCUT2D eigenvalue weighted by molar-refractivity contribution is 0.0890. The number of aryl methyl sites for hydroxylation is 2. The van der Waals surface area contributed by atoms with Crippen LogP contribution in [0.4, 0.5) is 0 Å². The molecule has 0 aliphatic rings. The van der Waals surface area contributed by atoms with Crippen LogP contribution < -0.4 is 4.74 Å². The van der Waals surface area contributed by atoms with Crippen LogP contribution in [0.3, 0.4) is 0 Å². The number of benzene rings is 1. The van der Waals surface area contributed by atoms with Gasteiger partial charge in [0, 0.05) is 12.4 Å². The van der Waals surface area contributed by atoms with Gasteiger partial charge in [0.2, 0.25) is 0 Å². The van der Waals surface area contributed by atoms with Gasteiger partial charge in [-0.05, 0) is 31.5 Å². The van der Waals surface area contributed by atoms with Crippen molar-refractivity contribution >= 4 is 0 Å². The van der Waals surface area contributed by atoms with Crippen LogP contribution in [0.1, 0.15) is 11.1 Å². The minimum absolute atomic E-state index is 0.268. The van der Waals surface area contributed by atoms with Crippen LogP contribution in [-0.2, 0) is 6.54 Å². The van der Waals surface area contributed by atoms with Crippen molar-refractivity contribution in [1.82, 2.24) is 9.78 Å². The Morgan fingerprint density at radius 3 is 2.89 bits per heavy atom. The molecule has 0 saturated heterocycles. The van der Waals surface area contributed by atoms with Crippen molar-refractivity contribution in [2.45, 2.75) is 26.5 Å². The first-order valence-corrected chi connectivity index (χ1v) is 6.00. The molecule has 1 aromatic heterocycles. The molecule has 0 aliphatic carbocycles. The Bertz CT molecular complexity index is 495. The summed E-state index contributed by atoms with van der Waals surface area (Å²) in [6.45, 7) is 4.76. The smallest absolute Gasteiger partial charge is 0.122 e. The monoisotopic (exact) mass is 246 g/mol. The fourth-order valence-corrected chi connectivity index (χ4v) is 1.82. The quantitative estimate of drug-likeness (QED) is 0.877. The Hall–Kier alpha value is -1.81. The summed E-state index contributed by atoms with van der Waals surface area (Å²) in [5.41, 5.74) is 2.29. The van der Waals surface area contributed by atoms with E-state index in [2.05, 4.69) is 11.2 Å². The molecule has 0 amide bonds. The number of aromatic nitrogens is 2. The van der Waals surface area contributed by atoms with Gasteiger partial charge in [-0.25, -0.2) is 0 Å². The molecule has 2 aromatic rings. The summed E-state index contributed by atoms with van der Waals surface area (Å²) < 4.78 is 7.30. The molecule has 0 saturated carbocycles. The molecule has 1 aromatic carbocycles. The van der Waals surface area contributed by atoms with E-state index in [-0.39, 0.29) is 6.61 Å². The normalized spacial score (nSPS) is 12.4. The summed E-state index contributed by atoms with van der Waals surface area (Å²) in [6, 6.07) is 7.83. The van der Waals surface area contributed by atoms with Gasteiger partial charge in [0.05, 0.1) is 6.54 Å². The summed E-state index contributed by atoms with van der Waals surface area (Å²) in [5, 5.41) is 13.9. The lowest BCUT2D eigenvalue weighted by Crippen LogP contribution is -2.24. The molecule has 1 unspecified atom stereocenters. The third-order valence-corrected chi connectivity index (χ3v) is 2.72. The van der Waals surface area contributed by atoms with Gasteiger partial charge >= 0.3 is 0 Å². The molecular weight excluding hydrogens is 228 g/mol. The molecule has 1 heterocycles. The summed E-state index contributed by atoms with van der Waals surface area (Å²) in [4.78, 5) is 0. The summed E-state index contributed by atoms with van der Waals surface area (Å²) in [6.07, 6.45) is 2.95. The van der Waals surface area contributed by atoms with Crippen LogP contribution >= 0.6 is 0 Å². The highest BCUT2D eigenvalue weighted by molar-refractivity contribution is 5.35. The van der Waals surface area contributed by atoms with Crippen LogP contribution in [0.25, 0.3) is 0 Å². The highest BCUT2D eigenvalue weighted by Gasteiger charge is 2.07. The molecule has 0 fully saturated rings. The van der Waals surface area contributed by atoms with Crippen molar-refractivity contribution in [3.05, 3.63) is 47.8 Å². The van der Waals surface area contributed by atoms with E-state index in [0.717, 1.165) is 11.3 Å². The minimum atomic E-state index is -0.564. The first-order chi connectivity index (χ1) is 8.65. The van der Waals surface area contributed by atoms with Crippen LogP contribution in [0.5, 0.6) is 5.75 Å². The summed E-state index contributed by atoms with van der Waals surface area (Å²) >= 11 is 0. The average molecular weight is 246 g/mol. The molecule has 1 N–H and O–H groups in total. The van der Waals surface area contributed by atoms with E-state index < -0.39 is 6.10 Å². The molecule has 0 aliphatic heterocycles. The Balaban J connectivity index is 1.87. The molecule has 4 nitrogen and oxygen atoms in total. The Morgan fingerprint density at radius 1 is 1.39 bits per heavy atom. The third-order valence-electron chi connectivity index (χ3n) is 2.72. The highest BCUT2D eigenvalue weighted by atomic mass is 16.5. The van der Waals surface area contributed by atoms with Crippen molar-refractivity contribution in [2.24, 2.45) is 0 Å². The van der Waals surface area contributed by atoms with Gasteiger partial charge in [0.15, 0.2) is 0 Å². The van der Waals surface area contributed by atoms with Crippen LogP contribution in [-0.4, -0.2) is 27.6 Å². The van der Waals surface area contributed by atoms with Crippen LogP contribution in [0.2, 0.25) is 0 Å². The minimum Gasteiger partial charge on any atom is -0.491 e. The zero-order valence-electron chi connectivity index (χ0n) is 10.7.